The number of rotatable bonds is 4. The molecule has 0 aliphatic heterocycles. The lowest BCUT2D eigenvalue weighted by atomic mass is 10.2. The molecule has 1 aromatic heterocycles. The van der Waals surface area contributed by atoms with Gasteiger partial charge in [0.05, 0.1) is 23.9 Å². The number of anilines is 1. The van der Waals surface area contributed by atoms with Gasteiger partial charge in [-0.15, -0.1) is 0 Å². The van der Waals surface area contributed by atoms with Crippen molar-refractivity contribution in [2.45, 2.75) is 26.7 Å². The molecule has 1 heterocycles. The minimum atomic E-state index is -0.288. The molecule has 0 aliphatic carbocycles. The van der Waals surface area contributed by atoms with E-state index in [9.17, 15) is 4.79 Å². The first-order valence-electron chi connectivity index (χ1n) is 6.14. The quantitative estimate of drug-likeness (QED) is 0.884. The van der Waals surface area contributed by atoms with Crippen molar-refractivity contribution < 1.29 is 4.79 Å². The molecule has 0 aromatic carbocycles. The molecule has 0 saturated heterocycles. The fraction of sp³-hybridized carbons (Fsp3) is 0.538. The molecule has 1 rings (SSSR count). The third-order valence-electron chi connectivity index (χ3n) is 2.67. The molecule has 0 radical (unpaired) electrons. The van der Waals surface area contributed by atoms with Crippen LogP contribution >= 0.6 is 0 Å². The Morgan fingerprint density at radius 3 is 2.68 bits per heavy atom. The Morgan fingerprint density at radius 1 is 1.53 bits per heavy atom. The van der Waals surface area contributed by atoms with E-state index in [1.807, 2.05) is 13.8 Å². The second-order valence-electron chi connectivity index (χ2n) is 4.90. The zero-order valence-corrected chi connectivity index (χ0v) is 11.7. The molecule has 2 N–H and O–H groups in total. The molecule has 0 aliphatic rings. The van der Waals surface area contributed by atoms with Gasteiger partial charge >= 0.3 is 0 Å². The van der Waals surface area contributed by atoms with Gasteiger partial charge < -0.3 is 10.6 Å². The van der Waals surface area contributed by atoms with Crippen LogP contribution in [-0.2, 0) is 0 Å². The van der Waals surface area contributed by atoms with Crippen molar-refractivity contribution >= 4 is 11.6 Å². The van der Waals surface area contributed by atoms with Gasteiger partial charge in [0.25, 0.3) is 5.91 Å². The number of nitrogens with zero attached hydrogens (tertiary/aromatic N) is 4. The molecule has 0 bridgehead atoms. The molecule has 19 heavy (non-hydrogen) atoms. The maximum absolute atomic E-state index is 12.2. The van der Waals surface area contributed by atoms with Crippen LogP contribution in [0.1, 0.15) is 43.0 Å². The van der Waals surface area contributed by atoms with Crippen molar-refractivity contribution in [2.24, 2.45) is 5.92 Å². The number of hydrogen-bond acceptors (Lipinski definition) is 5. The third-order valence-corrected chi connectivity index (χ3v) is 2.67. The van der Waals surface area contributed by atoms with Crippen LogP contribution < -0.4 is 5.73 Å². The summed E-state index contributed by atoms with van der Waals surface area (Å²) in [6.07, 6.45) is 1.46. The van der Waals surface area contributed by atoms with Crippen LogP contribution in [-0.4, -0.2) is 34.4 Å². The molecular formula is C13H19N5O. The summed E-state index contributed by atoms with van der Waals surface area (Å²) in [7, 11) is 1.63. The lowest BCUT2D eigenvalue weighted by Gasteiger charge is -2.19. The van der Waals surface area contributed by atoms with Crippen LogP contribution in [0.2, 0.25) is 0 Å². The largest absolute Gasteiger partial charge is 0.396 e. The summed E-state index contributed by atoms with van der Waals surface area (Å²) in [6, 6.07) is 2.09. The smallest absolute Gasteiger partial charge is 0.274 e. The molecule has 1 amide bonds. The Bertz CT molecular complexity index is 506. The highest BCUT2D eigenvalue weighted by atomic mass is 16.2. The monoisotopic (exact) mass is 261 g/mol. The third kappa shape index (κ3) is 3.65. The SMILES string of the molecule is CC(C#N)CN(C)C(=O)c1nc(C(C)C)ncc1N. The number of carbonyl (C=O) groups is 1. The van der Waals surface area contributed by atoms with Gasteiger partial charge in [-0.25, -0.2) is 9.97 Å². The van der Waals surface area contributed by atoms with Gasteiger partial charge in [-0.05, 0) is 6.92 Å². The normalized spacial score (nSPS) is 12.0. The van der Waals surface area contributed by atoms with Crippen molar-refractivity contribution in [3.63, 3.8) is 0 Å². The first-order valence-corrected chi connectivity index (χ1v) is 6.14. The van der Waals surface area contributed by atoms with Crippen LogP contribution in [0.4, 0.5) is 5.69 Å². The number of nitrogen functional groups attached to an aromatic ring is 1. The fourth-order valence-corrected chi connectivity index (χ4v) is 1.57. The molecule has 0 saturated carbocycles. The highest BCUT2D eigenvalue weighted by Gasteiger charge is 2.19. The zero-order valence-electron chi connectivity index (χ0n) is 11.7. The minimum absolute atomic E-state index is 0.121. The van der Waals surface area contributed by atoms with Crippen molar-refractivity contribution in [3.05, 3.63) is 17.7 Å². The van der Waals surface area contributed by atoms with E-state index >= 15 is 0 Å². The number of carbonyl (C=O) groups excluding carboxylic acids is 1. The van der Waals surface area contributed by atoms with E-state index in [4.69, 9.17) is 11.0 Å². The predicted molar refractivity (Wildman–Crippen MR) is 72.3 cm³/mol. The number of aromatic nitrogens is 2. The van der Waals surface area contributed by atoms with Crippen LogP contribution in [0.3, 0.4) is 0 Å². The lowest BCUT2D eigenvalue weighted by molar-refractivity contribution is 0.0780. The number of hydrogen-bond donors (Lipinski definition) is 1. The number of amides is 1. The average molecular weight is 261 g/mol. The average Bonchev–Trinajstić information content (AvgIpc) is 2.37. The summed E-state index contributed by atoms with van der Waals surface area (Å²) in [4.78, 5) is 22.0. The van der Waals surface area contributed by atoms with Gasteiger partial charge in [0.1, 0.15) is 5.82 Å². The Balaban J connectivity index is 2.99. The number of nitrogens with two attached hydrogens (primary N) is 1. The molecule has 0 spiro atoms. The Hall–Kier alpha value is -2.16. The molecule has 1 unspecified atom stereocenters. The van der Waals surface area contributed by atoms with Gasteiger partial charge in [-0.2, -0.15) is 5.26 Å². The maximum Gasteiger partial charge on any atom is 0.274 e. The summed E-state index contributed by atoms with van der Waals surface area (Å²) in [5, 5.41) is 8.77. The van der Waals surface area contributed by atoms with Crippen LogP contribution in [0.15, 0.2) is 6.20 Å². The lowest BCUT2D eigenvalue weighted by Crippen LogP contribution is -2.32. The zero-order chi connectivity index (χ0) is 14.6. The first kappa shape index (κ1) is 14.9. The van der Waals surface area contributed by atoms with E-state index in [1.54, 1.807) is 14.0 Å². The van der Waals surface area contributed by atoms with E-state index < -0.39 is 0 Å². The van der Waals surface area contributed by atoms with Crippen molar-refractivity contribution in [1.29, 1.82) is 5.26 Å². The van der Waals surface area contributed by atoms with E-state index in [-0.39, 0.29) is 29.1 Å². The first-order chi connectivity index (χ1) is 8.86. The summed E-state index contributed by atoms with van der Waals surface area (Å²) in [5.41, 5.74) is 6.21. The predicted octanol–water partition coefficient (Wildman–Crippen LogP) is 1.41. The topological polar surface area (TPSA) is 95.9 Å². The minimum Gasteiger partial charge on any atom is -0.396 e. The van der Waals surface area contributed by atoms with Crippen molar-refractivity contribution in [1.82, 2.24) is 14.9 Å². The highest BCUT2D eigenvalue weighted by molar-refractivity contribution is 5.96. The second kappa shape index (κ2) is 6.14. The van der Waals surface area contributed by atoms with Gasteiger partial charge in [-0.3, -0.25) is 4.79 Å². The Labute approximate surface area is 113 Å². The van der Waals surface area contributed by atoms with E-state index in [0.717, 1.165) is 0 Å². The van der Waals surface area contributed by atoms with E-state index in [2.05, 4.69) is 16.0 Å². The van der Waals surface area contributed by atoms with E-state index in [1.165, 1.54) is 11.1 Å². The molecule has 102 valence electrons. The maximum atomic E-state index is 12.2. The standard InChI is InChI=1S/C13H19N5O/c1-8(2)12-16-6-10(15)11(17-12)13(19)18(4)7-9(3)5-14/h6,8-9H,7,15H2,1-4H3. The molecule has 6 heteroatoms. The fourth-order valence-electron chi connectivity index (χ4n) is 1.57. The van der Waals surface area contributed by atoms with Crippen LogP contribution in [0, 0.1) is 17.2 Å². The van der Waals surface area contributed by atoms with Gasteiger partial charge in [0.2, 0.25) is 0 Å². The summed E-state index contributed by atoms with van der Waals surface area (Å²) < 4.78 is 0. The summed E-state index contributed by atoms with van der Waals surface area (Å²) in [5.74, 6) is 0.181. The molecule has 0 fully saturated rings. The molecule has 1 atom stereocenters. The summed E-state index contributed by atoms with van der Waals surface area (Å²) >= 11 is 0. The molecular weight excluding hydrogens is 242 g/mol. The van der Waals surface area contributed by atoms with Crippen molar-refractivity contribution in [2.75, 3.05) is 19.3 Å². The molecule has 6 nitrogen and oxygen atoms in total. The Morgan fingerprint density at radius 2 is 2.16 bits per heavy atom. The Kier molecular flexibility index (Phi) is 4.81. The highest BCUT2D eigenvalue weighted by Crippen LogP contribution is 2.15. The van der Waals surface area contributed by atoms with Gasteiger partial charge in [0, 0.05) is 19.5 Å². The van der Waals surface area contributed by atoms with E-state index in [0.29, 0.717) is 12.4 Å². The van der Waals surface area contributed by atoms with Gasteiger partial charge in [-0.1, -0.05) is 13.8 Å². The number of nitriles is 1. The molecule has 1 aromatic rings. The van der Waals surface area contributed by atoms with Crippen LogP contribution in [0.5, 0.6) is 0 Å². The second-order valence-corrected chi connectivity index (χ2v) is 4.90. The van der Waals surface area contributed by atoms with Crippen LogP contribution in [0.25, 0.3) is 0 Å². The van der Waals surface area contributed by atoms with Gasteiger partial charge in [0.15, 0.2) is 5.69 Å². The van der Waals surface area contributed by atoms with Crippen molar-refractivity contribution in [3.8, 4) is 6.07 Å². The summed E-state index contributed by atoms with van der Waals surface area (Å²) in [6.45, 7) is 5.99.